The summed E-state index contributed by atoms with van der Waals surface area (Å²) in [7, 11) is 1.43. The highest BCUT2D eigenvalue weighted by Crippen LogP contribution is 2.24. The van der Waals surface area contributed by atoms with Crippen LogP contribution in [-0.2, 0) is 17.8 Å². The lowest BCUT2D eigenvalue weighted by Gasteiger charge is -2.09. The third-order valence-electron chi connectivity index (χ3n) is 3.18. The number of anilines is 1. The molecular weight excluding hydrogens is 307 g/mol. The largest absolute Gasteiger partial charge is 0.380 e. The van der Waals surface area contributed by atoms with Gasteiger partial charge in [-0.1, -0.05) is 6.92 Å². The number of hydrogen-bond acceptors (Lipinski definition) is 5. The first-order valence-corrected chi connectivity index (χ1v) is 6.78. The molecule has 0 atom stereocenters. The number of nitrogens with one attached hydrogen (secondary N) is 2. The molecule has 8 nitrogen and oxygen atoms in total. The smallest absolute Gasteiger partial charge is 0.322 e. The van der Waals surface area contributed by atoms with E-state index in [1.165, 1.54) is 25.3 Å². The van der Waals surface area contributed by atoms with Gasteiger partial charge >= 0.3 is 5.69 Å². The first kappa shape index (κ1) is 16.6. The van der Waals surface area contributed by atoms with Crippen molar-refractivity contribution >= 4 is 17.3 Å². The van der Waals surface area contributed by atoms with Crippen LogP contribution in [0, 0.1) is 15.9 Å². The number of hydrogen-bond donors (Lipinski definition) is 2. The number of H-pyrrole nitrogens is 1. The number of carbonyl (C=O) groups is 1. The summed E-state index contributed by atoms with van der Waals surface area (Å²) in [4.78, 5) is 22.8. The van der Waals surface area contributed by atoms with Crippen molar-refractivity contribution in [1.82, 2.24) is 10.2 Å². The Morgan fingerprint density at radius 1 is 1.52 bits per heavy atom. The van der Waals surface area contributed by atoms with Gasteiger partial charge in [-0.25, -0.2) is 4.39 Å². The van der Waals surface area contributed by atoms with Crippen LogP contribution >= 0.6 is 0 Å². The maximum atomic E-state index is 13.3. The van der Waals surface area contributed by atoms with Crippen LogP contribution in [0.15, 0.2) is 18.2 Å². The Kier molecular flexibility index (Phi) is 5.02. The van der Waals surface area contributed by atoms with Crippen LogP contribution in [0.2, 0.25) is 0 Å². The van der Waals surface area contributed by atoms with E-state index >= 15 is 0 Å². The number of methoxy groups -OCH3 is 1. The number of nitro groups is 1. The van der Waals surface area contributed by atoms with Crippen molar-refractivity contribution in [3.63, 3.8) is 0 Å². The Morgan fingerprint density at radius 2 is 2.26 bits per heavy atom. The number of ether oxygens (including phenoxy) is 1. The maximum Gasteiger partial charge on any atom is 0.322 e. The minimum absolute atomic E-state index is 0.0796. The summed E-state index contributed by atoms with van der Waals surface area (Å²) < 4.78 is 18.2. The normalized spacial score (nSPS) is 10.6. The molecule has 1 heterocycles. The minimum Gasteiger partial charge on any atom is -0.380 e. The lowest BCUT2D eigenvalue weighted by atomic mass is 10.1. The number of aryl methyl sites for hydroxylation is 1. The highest BCUT2D eigenvalue weighted by atomic mass is 19.1. The van der Waals surface area contributed by atoms with E-state index in [1.807, 2.05) is 0 Å². The topological polar surface area (TPSA) is 110 Å². The number of benzene rings is 1. The third-order valence-corrected chi connectivity index (χ3v) is 3.18. The van der Waals surface area contributed by atoms with E-state index in [2.05, 4.69) is 15.5 Å². The van der Waals surface area contributed by atoms with Crippen LogP contribution in [0.3, 0.4) is 0 Å². The first-order chi connectivity index (χ1) is 11.0. The second kappa shape index (κ2) is 6.97. The van der Waals surface area contributed by atoms with Gasteiger partial charge in [-0.05, 0) is 24.6 Å². The summed E-state index contributed by atoms with van der Waals surface area (Å²) in [5.74, 6) is -1.23. The summed E-state index contributed by atoms with van der Waals surface area (Å²) in [6.07, 6.45) is 0.335. The molecule has 2 aromatic rings. The molecule has 0 fully saturated rings. The summed E-state index contributed by atoms with van der Waals surface area (Å²) >= 11 is 0. The van der Waals surface area contributed by atoms with Crippen molar-refractivity contribution in [2.45, 2.75) is 20.0 Å². The van der Waals surface area contributed by atoms with Crippen molar-refractivity contribution in [2.75, 3.05) is 12.4 Å². The van der Waals surface area contributed by atoms with E-state index in [0.717, 1.165) is 0 Å². The molecule has 1 amide bonds. The molecule has 9 heteroatoms. The Balaban J connectivity index is 2.33. The van der Waals surface area contributed by atoms with Gasteiger partial charge in [0.05, 0.1) is 11.5 Å². The quantitative estimate of drug-likeness (QED) is 0.627. The number of amides is 1. The molecule has 122 valence electrons. The fraction of sp³-hybridized carbons (Fsp3) is 0.286. The van der Waals surface area contributed by atoms with Gasteiger partial charge in [0, 0.05) is 18.4 Å². The maximum absolute atomic E-state index is 13.3. The number of rotatable bonds is 6. The minimum atomic E-state index is -0.753. The van der Waals surface area contributed by atoms with E-state index in [4.69, 9.17) is 4.74 Å². The molecule has 1 aromatic heterocycles. The lowest BCUT2D eigenvalue weighted by molar-refractivity contribution is -0.385. The Bertz CT molecular complexity index is 744. The summed E-state index contributed by atoms with van der Waals surface area (Å²) in [5, 5.41) is 19.8. The van der Waals surface area contributed by atoms with Crippen LogP contribution < -0.4 is 5.32 Å². The van der Waals surface area contributed by atoms with Crippen LogP contribution in [0.25, 0.3) is 0 Å². The van der Waals surface area contributed by atoms with E-state index in [9.17, 15) is 19.3 Å². The molecule has 0 aliphatic rings. The Labute approximate surface area is 130 Å². The van der Waals surface area contributed by atoms with Crippen molar-refractivity contribution < 1.29 is 18.8 Å². The molecule has 0 unspecified atom stereocenters. The van der Waals surface area contributed by atoms with Gasteiger partial charge in [-0.3, -0.25) is 20.0 Å². The molecule has 0 radical (unpaired) electrons. The number of aromatic amines is 1. The zero-order valence-corrected chi connectivity index (χ0v) is 12.6. The van der Waals surface area contributed by atoms with Crippen molar-refractivity contribution in [3.05, 3.63) is 51.1 Å². The monoisotopic (exact) mass is 322 g/mol. The zero-order chi connectivity index (χ0) is 17.0. The van der Waals surface area contributed by atoms with Crippen molar-refractivity contribution in [1.29, 1.82) is 0 Å². The average Bonchev–Trinajstić information content (AvgIpc) is 2.94. The highest BCUT2D eigenvalue weighted by Gasteiger charge is 2.28. The average molecular weight is 322 g/mol. The molecule has 0 saturated carbocycles. The number of carbonyl (C=O) groups excluding carboxylic acids is 1. The van der Waals surface area contributed by atoms with E-state index in [-0.39, 0.29) is 23.7 Å². The molecule has 0 spiro atoms. The second-order valence-electron chi connectivity index (χ2n) is 4.70. The van der Waals surface area contributed by atoms with Gasteiger partial charge in [0.25, 0.3) is 5.91 Å². The fourth-order valence-corrected chi connectivity index (χ4v) is 2.11. The van der Waals surface area contributed by atoms with Gasteiger partial charge in [0.2, 0.25) is 5.69 Å². The van der Waals surface area contributed by atoms with E-state index in [1.54, 1.807) is 6.92 Å². The van der Waals surface area contributed by atoms with Gasteiger partial charge < -0.3 is 10.1 Å². The first-order valence-electron chi connectivity index (χ1n) is 6.78. The lowest BCUT2D eigenvalue weighted by Crippen LogP contribution is -2.16. The molecule has 2 rings (SSSR count). The predicted molar refractivity (Wildman–Crippen MR) is 79.7 cm³/mol. The zero-order valence-electron chi connectivity index (χ0n) is 12.6. The number of aromatic nitrogens is 2. The van der Waals surface area contributed by atoms with Crippen molar-refractivity contribution in [2.24, 2.45) is 0 Å². The van der Waals surface area contributed by atoms with Crippen LogP contribution in [0.1, 0.15) is 28.7 Å². The molecule has 2 N–H and O–H groups in total. The third kappa shape index (κ3) is 3.51. The highest BCUT2D eigenvalue weighted by molar-refractivity contribution is 6.06. The molecule has 23 heavy (non-hydrogen) atoms. The Morgan fingerprint density at radius 3 is 2.87 bits per heavy atom. The van der Waals surface area contributed by atoms with Gasteiger partial charge in [-0.2, -0.15) is 5.10 Å². The predicted octanol–water partition coefficient (Wildman–Crippen LogP) is 2.42. The van der Waals surface area contributed by atoms with Gasteiger partial charge in [-0.15, -0.1) is 0 Å². The summed E-state index contributed by atoms with van der Waals surface area (Å²) in [5.41, 5.74) is 0.291. The van der Waals surface area contributed by atoms with Crippen molar-refractivity contribution in [3.8, 4) is 0 Å². The van der Waals surface area contributed by atoms with E-state index in [0.29, 0.717) is 17.7 Å². The molecule has 0 aliphatic carbocycles. The van der Waals surface area contributed by atoms with Crippen LogP contribution in [0.4, 0.5) is 15.8 Å². The van der Waals surface area contributed by atoms with Gasteiger partial charge in [0.1, 0.15) is 11.5 Å². The fourth-order valence-electron chi connectivity index (χ4n) is 2.11. The molecule has 0 bridgehead atoms. The SMILES string of the molecule is CCc1[nH]nc(C(=O)Nc2ccc(F)cc2COC)c1[N+](=O)[O-]. The number of halogens is 1. The van der Waals surface area contributed by atoms with Crippen LogP contribution in [0.5, 0.6) is 0 Å². The molecule has 1 aromatic carbocycles. The molecular formula is C14H15FN4O4. The van der Waals surface area contributed by atoms with E-state index < -0.39 is 16.6 Å². The van der Waals surface area contributed by atoms with Crippen LogP contribution in [-0.4, -0.2) is 28.1 Å². The Hall–Kier alpha value is -2.81. The summed E-state index contributed by atoms with van der Waals surface area (Å²) in [6, 6.07) is 3.75. The molecule has 0 saturated heterocycles. The second-order valence-corrected chi connectivity index (χ2v) is 4.70. The standard InChI is InChI=1S/C14H15FN4O4/c1-3-10-13(19(21)22)12(18-17-10)14(20)16-11-5-4-9(15)6-8(11)7-23-2/h4-6H,3,7H2,1-2H3,(H,16,20)(H,17,18). The molecule has 0 aliphatic heterocycles. The summed E-state index contributed by atoms with van der Waals surface area (Å²) in [6.45, 7) is 1.79. The number of nitrogens with zero attached hydrogens (tertiary/aromatic N) is 2. The van der Waals surface area contributed by atoms with Gasteiger partial charge in [0.15, 0.2) is 0 Å².